The van der Waals surface area contributed by atoms with Gasteiger partial charge in [0.05, 0.1) is 31.9 Å². The number of aliphatic hydroxyl groups is 1. The number of benzene rings is 2. The van der Waals surface area contributed by atoms with Crippen molar-refractivity contribution >= 4 is 17.4 Å². The lowest BCUT2D eigenvalue weighted by molar-refractivity contribution is -0.140. The lowest BCUT2D eigenvalue weighted by atomic mass is 9.93. The number of rotatable bonds is 10. The summed E-state index contributed by atoms with van der Waals surface area (Å²) in [6.07, 6.45) is 1.92. The van der Waals surface area contributed by atoms with Gasteiger partial charge >= 0.3 is 0 Å². The highest BCUT2D eigenvalue weighted by Gasteiger charge is 2.46. The average Bonchev–Trinajstić information content (AvgIpc) is 3.08. The largest absolute Gasteiger partial charge is 0.507 e. The van der Waals surface area contributed by atoms with Gasteiger partial charge in [-0.3, -0.25) is 9.59 Å². The number of ketones is 1. The van der Waals surface area contributed by atoms with Gasteiger partial charge in [-0.25, -0.2) is 0 Å². The molecule has 0 saturated carbocycles. The standard InChI is InChI=1S/C27H33NO6/c1-6-7-13-34-21-11-10-19(16-22(21)33-5)24-23(26(30)27(31)28(24)12-14-32-4)25(29)20-15-17(2)8-9-18(20)3/h8-11,15-16,24,29H,6-7,12-14H2,1-5H3. The molecule has 1 unspecified atom stereocenters. The van der Waals surface area contributed by atoms with Gasteiger partial charge in [0.2, 0.25) is 0 Å². The second-order valence-corrected chi connectivity index (χ2v) is 8.42. The molecule has 1 saturated heterocycles. The lowest BCUT2D eigenvalue weighted by Crippen LogP contribution is -2.32. The monoisotopic (exact) mass is 467 g/mol. The van der Waals surface area contributed by atoms with E-state index in [0.717, 1.165) is 24.0 Å². The number of likely N-dealkylation sites (tertiary alicyclic amines) is 1. The van der Waals surface area contributed by atoms with Crippen LogP contribution in [-0.2, 0) is 14.3 Å². The van der Waals surface area contributed by atoms with Crippen LogP contribution in [0.4, 0.5) is 0 Å². The average molecular weight is 468 g/mol. The van der Waals surface area contributed by atoms with Gasteiger partial charge in [-0.05, 0) is 49.6 Å². The van der Waals surface area contributed by atoms with E-state index in [1.807, 2.05) is 32.0 Å². The smallest absolute Gasteiger partial charge is 0.295 e. The predicted molar refractivity (Wildman–Crippen MR) is 130 cm³/mol. The van der Waals surface area contributed by atoms with Crippen LogP contribution < -0.4 is 9.47 Å². The minimum atomic E-state index is -0.784. The van der Waals surface area contributed by atoms with E-state index in [4.69, 9.17) is 14.2 Å². The molecule has 7 heteroatoms. The summed E-state index contributed by atoms with van der Waals surface area (Å²) in [5.41, 5.74) is 2.97. The fraction of sp³-hybridized carbons (Fsp3) is 0.407. The van der Waals surface area contributed by atoms with E-state index in [1.165, 1.54) is 12.0 Å². The number of unbranched alkanes of at least 4 members (excludes halogenated alkanes) is 1. The molecule has 7 nitrogen and oxygen atoms in total. The molecule has 3 rings (SSSR count). The van der Waals surface area contributed by atoms with E-state index in [-0.39, 0.29) is 24.5 Å². The van der Waals surface area contributed by atoms with Crippen molar-refractivity contribution in [2.75, 3.05) is 34.0 Å². The summed E-state index contributed by atoms with van der Waals surface area (Å²) in [5, 5.41) is 11.3. The summed E-state index contributed by atoms with van der Waals surface area (Å²) in [4.78, 5) is 27.6. The van der Waals surface area contributed by atoms with Crippen molar-refractivity contribution in [2.45, 2.75) is 39.7 Å². The SMILES string of the molecule is CCCCOc1ccc(C2C(=C(O)c3cc(C)ccc3C)C(=O)C(=O)N2CCOC)cc1OC. The van der Waals surface area contributed by atoms with Crippen LogP contribution in [0.25, 0.3) is 5.76 Å². The summed E-state index contributed by atoms with van der Waals surface area (Å²) in [6, 6.07) is 10.2. The molecule has 1 fully saturated rings. The number of carbonyl (C=O) groups excluding carboxylic acids is 2. The highest BCUT2D eigenvalue weighted by Crippen LogP contribution is 2.42. The zero-order chi connectivity index (χ0) is 24.8. The second kappa shape index (κ2) is 11.2. The molecule has 1 atom stereocenters. The zero-order valence-electron chi connectivity index (χ0n) is 20.5. The molecule has 2 aromatic rings. The maximum atomic E-state index is 13.2. The summed E-state index contributed by atoms with van der Waals surface area (Å²) in [7, 11) is 3.08. The van der Waals surface area contributed by atoms with E-state index in [1.54, 1.807) is 25.3 Å². The molecular formula is C27H33NO6. The van der Waals surface area contributed by atoms with Gasteiger partial charge in [0.1, 0.15) is 5.76 Å². The molecule has 0 spiro atoms. The topological polar surface area (TPSA) is 85.3 Å². The van der Waals surface area contributed by atoms with E-state index in [9.17, 15) is 14.7 Å². The van der Waals surface area contributed by atoms with Crippen molar-refractivity contribution in [1.29, 1.82) is 0 Å². The molecular weight excluding hydrogens is 434 g/mol. The Morgan fingerprint density at radius 1 is 1.03 bits per heavy atom. The fourth-order valence-corrected chi connectivity index (χ4v) is 4.08. The molecule has 182 valence electrons. The Labute approximate surface area is 200 Å². The van der Waals surface area contributed by atoms with Gasteiger partial charge in [0.15, 0.2) is 11.5 Å². The van der Waals surface area contributed by atoms with Crippen LogP contribution in [0.1, 0.15) is 48.1 Å². The third-order valence-electron chi connectivity index (χ3n) is 5.98. The van der Waals surface area contributed by atoms with Crippen molar-refractivity contribution in [2.24, 2.45) is 0 Å². The number of aliphatic hydroxyl groups excluding tert-OH is 1. The van der Waals surface area contributed by atoms with E-state index >= 15 is 0 Å². The van der Waals surface area contributed by atoms with Crippen molar-refractivity contribution in [1.82, 2.24) is 4.90 Å². The first-order valence-electron chi connectivity index (χ1n) is 11.5. The number of amides is 1. The highest BCUT2D eigenvalue weighted by atomic mass is 16.5. The summed E-state index contributed by atoms with van der Waals surface area (Å²) in [6.45, 7) is 6.87. The van der Waals surface area contributed by atoms with Crippen molar-refractivity contribution in [3.63, 3.8) is 0 Å². The Balaban J connectivity index is 2.15. The summed E-state index contributed by atoms with van der Waals surface area (Å²) in [5.74, 6) is -0.495. The molecule has 0 aliphatic carbocycles. The summed E-state index contributed by atoms with van der Waals surface area (Å²) < 4.78 is 16.6. The van der Waals surface area contributed by atoms with E-state index < -0.39 is 17.7 Å². The molecule has 2 aromatic carbocycles. The van der Waals surface area contributed by atoms with Crippen molar-refractivity contribution in [3.8, 4) is 11.5 Å². The minimum absolute atomic E-state index is 0.0523. The number of nitrogens with zero attached hydrogens (tertiary/aromatic N) is 1. The molecule has 0 aromatic heterocycles. The molecule has 34 heavy (non-hydrogen) atoms. The Bertz CT molecular complexity index is 1090. The highest BCUT2D eigenvalue weighted by molar-refractivity contribution is 6.46. The van der Waals surface area contributed by atoms with E-state index in [2.05, 4.69) is 6.92 Å². The van der Waals surface area contributed by atoms with Crippen LogP contribution in [0.3, 0.4) is 0 Å². The van der Waals surface area contributed by atoms with Crippen LogP contribution in [0.5, 0.6) is 11.5 Å². The Kier molecular flexibility index (Phi) is 8.34. The van der Waals surface area contributed by atoms with Gasteiger partial charge in [-0.15, -0.1) is 0 Å². The molecule has 1 N–H and O–H groups in total. The number of ether oxygens (including phenoxy) is 3. The van der Waals surface area contributed by atoms with Gasteiger partial charge < -0.3 is 24.2 Å². The molecule has 0 bridgehead atoms. The fourth-order valence-electron chi connectivity index (χ4n) is 4.08. The number of aryl methyl sites for hydroxylation is 2. The van der Waals surface area contributed by atoms with Gasteiger partial charge in [0.25, 0.3) is 11.7 Å². The number of Topliss-reactive ketones (excluding diaryl/α,β-unsaturated/α-hetero) is 1. The normalized spacial score (nSPS) is 17.3. The number of carbonyl (C=O) groups is 2. The maximum Gasteiger partial charge on any atom is 0.295 e. The second-order valence-electron chi connectivity index (χ2n) is 8.42. The van der Waals surface area contributed by atoms with Crippen LogP contribution in [0.15, 0.2) is 42.0 Å². The zero-order valence-corrected chi connectivity index (χ0v) is 20.5. The first-order valence-corrected chi connectivity index (χ1v) is 11.5. The molecule has 1 aliphatic heterocycles. The van der Waals surface area contributed by atoms with Crippen molar-refractivity contribution < 1.29 is 28.9 Å². The van der Waals surface area contributed by atoms with Crippen LogP contribution in [-0.4, -0.2) is 55.7 Å². The van der Waals surface area contributed by atoms with E-state index in [0.29, 0.717) is 29.2 Å². The summed E-state index contributed by atoms with van der Waals surface area (Å²) >= 11 is 0. The maximum absolute atomic E-state index is 13.2. The number of methoxy groups -OCH3 is 2. The van der Waals surface area contributed by atoms with Gasteiger partial charge in [-0.1, -0.05) is 37.1 Å². The number of hydrogen-bond donors (Lipinski definition) is 1. The van der Waals surface area contributed by atoms with Gasteiger partial charge in [-0.2, -0.15) is 0 Å². The minimum Gasteiger partial charge on any atom is -0.507 e. The molecule has 1 aliphatic rings. The lowest BCUT2D eigenvalue weighted by Gasteiger charge is -2.26. The van der Waals surface area contributed by atoms with Crippen molar-refractivity contribution in [3.05, 3.63) is 64.2 Å². The van der Waals surface area contributed by atoms with Crippen LogP contribution in [0, 0.1) is 13.8 Å². The molecule has 1 amide bonds. The Morgan fingerprint density at radius 3 is 2.47 bits per heavy atom. The molecule has 1 heterocycles. The van der Waals surface area contributed by atoms with Crippen LogP contribution >= 0.6 is 0 Å². The third-order valence-corrected chi connectivity index (χ3v) is 5.98. The van der Waals surface area contributed by atoms with Crippen LogP contribution in [0.2, 0.25) is 0 Å². The number of hydrogen-bond acceptors (Lipinski definition) is 6. The first-order chi connectivity index (χ1) is 16.3. The third kappa shape index (κ3) is 5.09. The Morgan fingerprint density at radius 2 is 1.79 bits per heavy atom. The quantitative estimate of drug-likeness (QED) is 0.239. The molecule has 0 radical (unpaired) electrons. The Hall–Kier alpha value is -3.32. The predicted octanol–water partition coefficient (Wildman–Crippen LogP) is 4.56. The first kappa shape index (κ1) is 25.3. The van der Waals surface area contributed by atoms with Gasteiger partial charge in [0, 0.05) is 19.2 Å².